The van der Waals surface area contributed by atoms with Crippen LogP contribution in [0.4, 0.5) is 10.5 Å². The number of carbonyl (C=O) groups excluding carboxylic acids is 1. The molecule has 2 rings (SSSR count). The molecule has 1 amide bonds. The highest BCUT2D eigenvalue weighted by Crippen LogP contribution is 2.32. The number of ether oxygens (including phenoxy) is 1. The molecule has 28 heavy (non-hydrogen) atoms. The highest BCUT2D eigenvalue weighted by atomic mass is 35.5. The molecule has 0 aliphatic rings. The first-order valence-corrected chi connectivity index (χ1v) is 9.75. The fourth-order valence-electron chi connectivity index (χ4n) is 2.21. The second-order valence-corrected chi connectivity index (χ2v) is 8.93. The second-order valence-electron chi connectivity index (χ2n) is 6.71. The van der Waals surface area contributed by atoms with E-state index in [0.29, 0.717) is 0 Å². The van der Waals surface area contributed by atoms with Crippen molar-refractivity contribution < 1.29 is 33.0 Å². The Morgan fingerprint density at radius 2 is 1.64 bits per heavy atom. The van der Waals surface area contributed by atoms with Crippen LogP contribution in [0.25, 0.3) is 0 Å². The zero-order valence-electron chi connectivity index (χ0n) is 15.2. The van der Waals surface area contributed by atoms with E-state index >= 15 is 0 Å². The Morgan fingerprint density at radius 1 is 1.07 bits per heavy atom. The van der Waals surface area contributed by atoms with Crippen LogP contribution in [-0.4, -0.2) is 36.3 Å². The van der Waals surface area contributed by atoms with E-state index in [1.165, 1.54) is 26.8 Å². The van der Waals surface area contributed by atoms with Gasteiger partial charge in [0.05, 0.1) is 16.1 Å². The van der Waals surface area contributed by atoms with Crippen LogP contribution in [0.3, 0.4) is 0 Å². The van der Waals surface area contributed by atoms with Gasteiger partial charge < -0.3 is 14.9 Å². The van der Waals surface area contributed by atoms with Crippen molar-refractivity contribution in [2.75, 3.05) is 4.31 Å². The van der Waals surface area contributed by atoms with Crippen LogP contribution in [-0.2, 0) is 14.8 Å². The van der Waals surface area contributed by atoms with Gasteiger partial charge in [0.25, 0.3) is 10.0 Å². The van der Waals surface area contributed by atoms with Crippen molar-refractivity contribution in [2.24, 2.45) is 0 Å². The maximum absolute atomic E-state index is 13.2. The van der Waals surface area contributed by atoms with Gasteiger partial charge in [-0.15, -0.1) is 0 Å². The lowest BCUT2D eigenvalue weighted by Gasteiger charge is -2.27. The maximum atomic E-state index is 13.2. The third-order valence-corrected chi connectivity index (χ3v) is 5.27. The highest BCUT2D eigenvalue weighted by Gasteiger charge is 2.37. The number of anilines is 1. The number of nitrogens with zero attached hydrogens (tertiary/aromatic N) is 1. The molecule has 0 atom stereocenters. The Balaban J connectivity index is 2.75. The third kappa shape index (κ3) is 4.73. The van der Waals surface area contributed by atoms with E-state index in [9.17, 15) is 28.2 Å². The zero-order valence-corrected chi connectivity index (χ0v) is 16.8. The number of aromatic carboxylic acids is 1. The minimum absolute atomic E-state index is 0.0227. The lowest BCUT2D eigenvalue weighted by Crippen LogP contribution is -2.41. The normalized spacial score (nSPS) is 11.7. The minimum atomic E-state index is -4.59. The van der Waals surface area contributed by atoms with Crippen molar-refractivity contribution >= 4 is 39.4 Å². The summed E-state index contributed by atoms with van der Waals surface area (Å²) < 4.78 is 31.8. The number of phenolic OH excluding ortho intramolecular Hbond substituents is 1. The number of sulfonamides is 1. The molecular weight excluding hydrogens is 410 g/mol. The van der Waals surface area contributed by atoms with Gasteiger partial charge >= 0.3 is 12.1 Å². The van der Waals surface area contributed by atoms with Crippen molar-refractivity contribution in [2.45, 2.75) is 31.3 Å². The van der Waals surface area contributed by atoms with E-state index in [1.54, 1.807) is 0 Å². The number of carboxylic acids is 1. The molecule has 150 valence electrons. The molecule has 0 aromatic heterocycles. The van der Waals surface area contributed by atoms with Crippen LogP contribution in [0.2, 0.25) is 5.02 Å². The van der Waals surface area contributed by atoms with E-state index in [4.69, 9.17) is 16.3 Å². The van der Waals surface area contributed by atoms with Crippen LogP contribution in [0.5, 0.6) is 5.75 Å². The second kappa shape index (κ2) is 7.69. The average Bonchev–Trinajstić information content (AvgIpc) is 2.53. The average molecular weight is 428 g/mol. The Labute approximate surface area is 167 Å². The van der Waals surface area contributed by atoms with Gasteiger partial charge in [0.2, 0.25) is 0 Å². The van der Waals surface area contributed by atoms with E-state index in [-0.39, 0.29) is 20.0 Å². The third-order valence-electron chi connectivity index (χ3n) is 3.34. The van der Waals surface area contributed by atoms with Gasteiger partial charge in [0.15, 0.2) is 0 Å². The number of aromatic hydroxyl groups is 1. The number of halogens is 1. The Hall–Kier alpha value is -2.78. The number of carboxylic acid groups (broad SMARTS) is 1. The summed E-state index contributed by atoms with van der Waals surface area (Å²) in [4.78, 5) is 24.0. The Bertz CT molecular complexity index is 1010. The van der Waals surface area contributed by atoms with E-state index in [0.717, 1.165) is 36.4 Å². The van der Waals surface area contributed by atoms with E-state index in [1.807, 2.05) is 0 Å². The molecule has 2 aromatic carbocycles. The molecule has 0 aliphatic carbocycles. The van der Waals surface area contributed by atoms with Gasteiger partial charge in [-0.1, -0.05) is 11.6 Å². The lowest BCUT2D eigenvalue weighted by molar-refractivity contribution is 0.0609. The van der Waals surface area contributed by atoms with Crippen molar-refractivity contribution in [1.82, 2.24) is 0 Å². The van der Waals surface area contributed by atoms with E-state index in [2.05, 4.69) is 0 Å². The number of carbonyl (C=O) groups is 2. The van der Waals surface area contributed by atoms with Crippen molar-refractivity contribution in [3.8, 4) is 5.75 Å². The number of hydrogen-bond donors (Lipinski definition) is 2. The number of rotatable bonds is 4. The summed E-state index contributed by atoms with van der Waals surface area (Å²) in [6.07, 6.45) is -1.30. The Kier molecular flexibility index (Phi) is 5.91. The number of benzene rings is 2. The van der Waals surface area contributed by atoms with Crippen LogP contribution >= 0.6 is 11.6 Å². The molecule has 2 aromatic rings. The van der Waals surface area contributed by atoms with Gasteiger partial charge in [-0.2, -0.15) is 4.31 Å². The monoisotopic (exact) mass is 427 g/mol. The van der Waals surface area contributed by atoms with Crippen LogP contribution < -0.4 is 4.31 Å². The van der Waals surface area contributed by atoms with Gasteiger partial charge in [0.1, 0.15) is 11.4 Å². The van der Waals surface area contributed by atoms with Gasteiger partial charge in [0, 0.05) is 5.02 Å². The molecule has 8 nitrogen and oxygen atoms in total. The zero-order chi connectivity index (χ0) is 21.3. The molecular formula is C18H18ClNO7S. The molecule has 0 heterocycles. The summed E-state index contributed by atoms with van der Waals surface area (Å²) in [5, 5.41) is 18.9. The molecule has 0 saturated carbocycles. The summed E-state index contributed by atoms with van der Waals surface area (Å²) in [6, 6.07) is 7.79. The molecule has 0 aliphatic heterocycles. The number of hydrogen-bond acceptors (Lipinski definition) is 6. The van der Waals surface area contributed by atoms with Crippen LogP contribution in [0, 0.1) is 0 Å². The molecule has 10 heteroatoms. The summed E-state index contributed by atoms with van der Waals surface area (Å²) >= 11 is 5.92. The van der Waals surface area contributed by atoms with Crippen molar-refractivity contribution in [1.29, 1.82) is 0 Å². The molecule has 0 unspecified atom stereocenters. The molecule has 0 radical (unpaired) electrons. The SMILES string of the molecule is CC(C)(C)OC(=O)N(c1cc(Cl)ccc1C(=O)O)S(=O)(=O)c1ccc(O)cc1. The summed E-state index contributed by atoms with van der Waals surface area (Å²) in [6.45, 7) is 4.60. The van der Waals surface area contributed by atoms with Crippen molar-refractivity contribution in [3.05, 3.63) is 53.1 Å². The largest absolute Gasteiger partial charge is 0.508 e. The van der Waals surface area contributed by atoms with Gasteiger partial charge in [-0.25, -0.2) is 18.0 Å². The quantitative estimate of drug-likeness (QED) is 0.759. The summed E-state index contributed by atoms with van der Waals surface area (Å²) in [7, 11) is -4.59. The predicted molar refractivity (Wildman–Crippen MR) is 102 cm³/mol. The van der Waals surface area contributed by atoms with Crippen molar-refractivity contribution in [3.63, 3.8) is 0 Å². The fourth-order valence-corrected chi connectivity index (χ4v) is 3.71. The van der Waals surface area contributed by atoms with Gasteiger partial charge in [-0.3, -0.25) is 0 Å². The standard InChI is InChI=1S/C18H18ClNO7S/c1-18(2,3)27-17(24)20(15-10-11(19)4-9-14(15)16(22)23)28(25,26)13-7-5-12(21)6-8-13/h4-10,21H,1-3H3,(H,22,23). The highest BCUT2D eigenvalue weighted by molar-refractivity contribution is 7.93. The Morgan fingerprint density at radius 3 is 2.14 bits per heavy atom. The van der Waals surface area contributed by atoms with Gasteiger partial charge in [-0.05, 0) is 63.2 Å². The molecule has 2 N–H and O–H groups in total. The summed E-state index contributed by atoms with van der Waals surface area (Å²) in [5.41, 5.74) is -1.98. The van der Waals surface area contributed by atoms with Crippen LogP contribution in [0.1, 0.15) is 31.1 Å². The smallest absolute Gasteiger partial charge is 0.429 e. The first-order chi connectivity index (χ1) is 12.8. The topological polar surface area (TPSA) is 121 Å². The molecule has 0 spiro atoms. The number of phenols is 1. The summed E-state index contributed by atoms with van der Waals surface area (Å²) in [5.74, 6) is -1.64. The lowest BCUT2D eigenvalue weighted by atomic mass is 10.2. The first kappa shape index (κ1) is 21.5. The first-order valence-electron chi connectivity index (χ1n) is 7.93. The minimum Gasteiger partial charge on any atom is -0.508 e. The maximum Gasteiger partial charge on any atom is 0.429 e. The fraction of sp³-hybridized carbons (Fsp3) is 0.222. The molecule has 0 fully saturated rings. The molecule has 0 saturated heterocycles. The molecule has 0 bridgehead atoms. The number of amides is 1. The predicted octanol–water partition coefficient (Wildman–Crippen LogP) is 3.87. The van der Waals surface area contributed by atoms with Crippen LogP contribution in [0.15, 0.2) is 47.4 Å². The van der Waals surface area contributed by atoms with E-state index < -0.39 is 38.9 Å².